The van der Waals surface area contributed by atoms with Crippen molar-refractivity contribution in [3.63, 3.8) is 0 Å². The Hall–Kier alpha value is -3.37. The van der Waals surface area contributed by atoms with Crippen LogP contribution in [0.5, 0.6) is 17.2 Å². The van der Waals surface area contributed by atoms with Gasteiger partial charge in [0.05, 0.1) is 50.3 Å². The molecule has 1 aliphatic heterocycles. The van der Waals surface area contributed by atoms with Crippen LogP contribution in [-0.2, 0) is 9.53 Å². The van der Waals surface area contributed by atoms with E-state index in [1.54, 1.807) is 25.1 Å². The molecule has 182 valence electrons. The summed E-state index contributed by atoms with van der Waals surface area (Å²) in [6.07, 6.45) is 1.74. The SMILES string of the molecule is COC(=O)C1=C(C)N=c2sc(=Cc3cc(OC)c(OC)c(OC)c3)c(=O)n2C1c1cccc(Br)c1. The third-order valence-electron chi connectivity index (χ3n) is 5.58. The van der Waals surface area contributed by atoms with Crippen LogP contribution in [0.25, 0.3) is 6.08 Å². The monoisotopic (exact) mass is 558 g/mol. The van der Waals surface area contributed by atoms with Crippen molar-refractivity contribution in [2.24, 2.45) is 4.99 Å². The van der Waals surface area contributed by atoms with Crippen LogP contribution in [0.2, 0.25) is 0 Å². The van der Waals surface area contributed by atoms with Crippen LogP contribution in [0, 0.1) is 0 Å². The number of halogens is 1. The summed E-state index contributed by atoms with van der Waals surface area (Å²) in [5.41, 5.74) is 1.99. The van der Waals surface area contributed by atoms with Crippen molar-refractivity contribution >= 4 is 39.3 Å². The van der Waals surface area contributed by atoms with Gasteiger partial charge >= 0.3 is 5.97 Å². The van der Waals surface area contributed by atoms with E-state index < -0.39 is 12.0 Å². The summed E-state index contributed by atoms with van der Waals surface area (Å²) in [7, 11) is 5.91. The van der Waals surface area contributed by atoms with Gasteiger partial charge in [0.1, 0.15) is 0 Å². The van der Waals surface area contributed by atoms with Crippen molar-refractivity contribution in [1.82, 2.24) is 4.57 Å². The highest BCUT2D eigenvalue weighted by Crippen LogP contribution is 2.38. The van der Waals surface area contributed by atoms with Crippen molar-refractivity contribution in [2.45, 2.75) is 13.0 Å². The van der Waals surface area contributed by atoms with Crippen LogP contribution in [0.1, 0.15) is 24.1 Å². The minimum absolute atomic E-state index is 0.276. The highest BCUT2D eigenvalue weighted by molar-refractivity contribution is 9.10. The lowest BCUT2D eigenvalue weighted by atomic mass is 9.96. The molecule has 1 aromatic heterocycles. The standard InChI is InChI=1S/C25H23BrN2O6S/c1-13-20(24(30)34-5)21(15-7-6-8-16(26)12-15)28-23(29)19(35-25(28)27-13)11-14-9-17(31-2)22(33-4)18(10-14)32-3/h6-12,21H,1-5H3. The molecule has 4 rings (SSSR count). The molecule has 0 bridgehead atoms. The van der Waals surface area contributed by atoms with Crippen molar-refractivity contribution < 1.29 is 23.7 Å². The zero-order chi connectivity index (χ0) is 25.3. The molecule has 3 aromatic rings. The van der Waals surface area contributed by atoms with E-state index in [9.17, 15) is 9.59 Å². The number of esters is 1. The fourth-order valence-corrected chi connectivity index (χ4v) is 5.48. The maximum absolute atomic E-state index is 13.7. The van der Waals surface area contributed by atoms with Crippen LogP contribution >= 0.6 is 27.3 Å². The molecule has 2 heterocycles. The molecule has 0 spiro atoms. The molecule has 35 heavy (non-hydrogen) atoms. The number of benzene rings is 2. The first kappa shape index (κ1) is 24.7. The van der Waals surface area contributed by atoms with E-state index in [4.69, 9.17) is 18.9 Å². The third-order valence-corrected chi connectivity index (χ3v) is 7.05. The van der Waals surface area contributed by atoms with Crippen LogP contribution in [0.3, 0.4) is 0 Å². The summed E-state index contributed by atoms with van der Waals surface area (Å²) < 4.78 is 24.1. The lowest BCUT2D eigenvalue weighted by molar-refractivity contribution is -0.136. The van der Waals surface area contributed by atoms with Gasteiger partial charge in [-0.1, -0.05) is 39.4 Å². The molecule has 10 heteroatoms. The summed E-state index contributed by atoms with van der Waals surface area (Å²) in [5.74, 6) is 0.875. The second kappa shape index (κ2) is 10.1. The van der Waals surface area contributed by atoms with E-state index in [0.29, 0.717) is 43.4 Å². The number of aromatic nitrogens is 1. The van der Waals surface area contributed by atoms with Crippen molar-refractivity contribution in [3.8, 4) is 17.2 Å². The third kappa shape index (κ3) is 4.51. The van der Waals surface area contributed by atoms with Crippen LogP contribution < -0.4 is 29.1 Å². The van der Waals surface area contributed by atoms with Crippen LogP contribution in [-0.4, -0.2) is 39.0 Å². The van der Waals surface area contributed by atoms with Gasteiger partial charge in [-0.25, -0.2) is 9.79 Å². The largest absolute Gasteiger partial charge is 0.493 e. The molecule has 1 unspecified atom stereocenters. The normalized spacial score (nSPS) is 15.4. The second-order valence-corrected chi connectivity index (χ2v) is 9.51. The van der Waals surface area contributed by atoms with Gasteiger partial charge < -0.3 is 18.9 Å². The number of thiazole rings is 1. The van der Waals surface area contributed by atoms with Crippen LogP contribution in [0.15, 0.2) is 61.9 Å². The number of fused-ring (bicyclic) bond motifs is 1. The number of allylic oxidation sites excluding steroid dienone is 1. The van der Waals surface area contributed by atoms with E-state index in [0.717, 1.165) is 10.0 Å². The van der Waals surface area contributed by atoms with E-state index in [1.165, 1.54) is 44.3 Å². The van der Waals surface area contributed by atoms with Crippen molar-refractivity contribution in [2.75, 3.05) is 28.4 Å². The molecular weight excluding hydrogens is 536 g/mol. The molecule has 1 atom stereocenters. The molecule has 8 nitrogen and oxygen atoms in total. The van der Waals surface area contributed by atoms with Gasteiger partial charge in [-0.05, 0) is 48.4 Å². The van der Waals surface area contributed by atoms with Gasteiger partial charge in [-0.3, -0.25) is 9.36 Å². The summed E-state index contributed by atoms with van der Waals surface area (Å²) in [5, 5.41) is 0. The van der Waals surface area contributed by atoms with E-state index in [2.05, 4.69) is 20.9 Å². The van der Waals surface area contributed by atoms with Gasteiger partial charge in [-0.2, -0.15) is 0 Å². The summed E-state index contributed by atoms with van der Waals surface area (Å²) in [6.45, 7) is 1.74. The Morgan fingerprint density at radius 1 is 1.09 bits per heavy atom. The van der Waals surface area contributed by atoms with Crippen molar-refractivity contribution in [1.29, 1.82) is 0 Å². The second-order valence-electron chi connectivity index (χ2n) is 7.59. The molecule has 0 fully saturated rings. The van der Waals surface area contributed by atoms with Gasteiger partial charge in [-0.15, -0.1) is 0 Å². The first-order chi connectivity index (χ1) is 16.8. The summed E-state index contributed by atoms with van der Waals surface area (Å²) in [4.78, 5) is 31.5. The topological polar surface area (TPSA) is 88.4 Å². The number of rotatable bonds is 6. The Labute approximate surface area is 213 Å². The molecule has 0 saturated carbocycles. The van der Waals surface area contributed by atoms with E-state index >= 15 is 0 Å². The molecule has 0 radical (unpaired) electrons. The van der Waals surface area contributed by atoms with Gasteiger partial charge in [0.2, 0.25) is 5.75 Å². The Morgan fingerprint density at radius 3 is 2.34 bits per heavy atom. The minimum Gasteiger partial charge on any atom is -0.493 e. The zero-order valence-corrected chi connectivity index (χ0v) is 22.2. The Balaban J connectivity index is 1.97. The predicted molar refractivity (Wildman–Crippen MR) is 136 cm³/mol. The maximum Gasteiger partial charge on any atom is 0.338 e. The first-order valence-corrected chi connectivity index (χ1v) is 12.1. The highest BCUT2D eigenvalue weighted by atomic mass is 79.9. The van der Waals surface area contributed by atoms with Crippen molar-refractivity contribution in [3.05, 3.63) is 83.0 Å². The van der Waals surface area contributed by atoms with E-state index in [-0.39, 0.29) is 5.56 Å². The molecule has 0 N–H and O–H groups in total. The quantitative estimate of drug-likeness (QED) is 0.432. The number of nitrogens with zero attached hydrogens (tertiary/aromatic N) is 2. The lowest BCUT2D eigenvalue weighted by Crippen LogP contribution is -2.39. The smallest absolute Gasteiger partial charge is 0.338 e. The molecule has 2 aromatic carbocycles. The van der Waals surface area contributed by atoms with Gasteiger partial charge in [0, 0.05) is 4.47 Å². The van der Waals surface area contributed by atoms with Gasteiger partial charge in [0.25, 0.3) is 5.56 Å². The fraction of sp³-hybridized carbons (Fsp3) is 0.240. The Morgan fingerprint density at radius 2 is 1.77 bits per heavy atom. The molecular formula is C25H23BrN2O6S. The van der Waals surface area contributed by atoms with E-state index in [1.807, 2.05) is 24.3 Å². The minimum atomic E-state index is -0.682. The van der Waals surface area contributed by atoms with Gasteiger partial charge in [0.15, 0.2) is 16.3 Å². The predicted octanol–water partition coefficient (Wildman–Crippen LogP) is 3.20. The Bertz CT molecular complexity index is 1500. The Kier molecular flexibility index (Phi) is 7.13. The first-order valence-electron chi connectivity index (χ1n) is 10.5. The molecule has 0 amide bonds. The molecule has 0 saturated heterocycles. The number of hydrogen-bond donors (Lipinski definition) is 0. The molecule has 0 aliphatic carbocycles. The maximum atomic E-state index is 13.7. The summed E-state index contributed by atoms with van der Waals surface area (Å²) in [6, 6.07) is 10.3. The number of carbonyl (C=O) groups is 1. The van der Waals surface area contributed by atoms with Crippen LogP contribution in [0.4, 0.5) is 0 Å². The molecule has 1 aliphatic rings. The average molecular weight is 559 g/mol. The number of hydrogen-bond acceptors (Lipinski definition) is 8. The fourth-order valence-electron chi connectivity index (χ4n) is 4.02. The summed E-state index contributed by atoms with van der Waals surface area (Å²) >= 11 is 4.72. The number of carbonyl (C=O) groups excluding carboxylic acids is 1. The average Bonchev–Trinajstić information content (AvgIpc) is 3.16. The zero-order valence-electron chi connectivity index (χ0n) is 19.7. The number of methoxy groups -OCH3 is 4. The lowest BCUT2D eigenvalue weighted by Gasteiger charge is -2.24. The number of ether oxygens (including phenoxy) is 4. The highest BCUT2D eigenvalue weighted by Gasteiger charge is 2.33.